The van der Waals surface area contributed by atoms with Gasteiger partial charge in [0.05, 0.1) is 22.0 Å². The largest absolute Gasteiger partial charge is 0.324 e. The summed E-state index contributed by atoms with van der Waals surface area (Å²) in [6.07, 6.45) is 1.04. The lowest BCUT2D eigenvalue weighted by atomic mass is 10.1. The fraction of sp³-hybridized carbons (Fsp3) is 0.278. The van der Waals surface area contributed by atoms with Crippen molar-refractivity contribution in [3.8, 4) is 0 Å². The van der Waals surface area contributed by atoms with E-state index in [-0.39, 0.29) is 10.7 Å². The third-order valence-electron chi connectivity index (χ3n) is 4.02. The first-order chi connectivity index (χ1) is 12.0. The second-order valence-corrected chi connectivity index (χ2v) is 8.80. The number of sulfonamides is 1. The van der Waals surface area contributed by atoms with Crippen molar-refractivity contribution in [1.82, 2.24) is 0 Å². The number of rotatable bonds is 5. The molecule has 5 nitrogen and oxygen atoms in total. The van der Waals surface area contributed by atoms with Crippen molar-refractivity contribution in [2.45, 2.75) is 26.8 Å². The molecule has 1 unspecified atom stereocenters. The van der Waals surface area contributed by atoms with Gasteiger partial charge in [-0.1, -0.05) is 29.3 Å². The summed E-state index contributed by atoms with van der Waals surface area (Å²) in [5, 5.41) is 3.26. The zero-order chi connectivity index (χ0) is 19.6. The predicted octanol–water partition coefficient (Wildman–Crippen LogP) is 4.40. The number of carbonyl (C=O) groups is 1. The molecule has 2 rings (SSSR count). The lowest BCUT2D eigenvalue weighted by molar-refractivity contribution is -0.116. The standard InChI is InChI=1S/C18H20Cl2N2O3S/c1-11-5-6-14(9-12(11)2)21-18(23)13(3)22(26(4,24)25)15-7-8-16(19)17(20)10-15/h5-10,13H,1-4H3,(H,21,23). The average molecular weight is 415 g/mol. The Morgan fingerprint density at radius 1 is 1.04 bits per heavy atom. The fourth-order valence-electron chi connectivity index (χ4n) is 2.50. The molecule has 8 heteroatoms. The van der Waals surface area contributed by atoms with Gasteiger partial charge in [0.1, 0.15) is 6.04 Å². The van der Waals surface area contributed by atoms with E-state index in [2.05, 4.69) is 5.32 Å². The van der Waals surface area contributed by atoms with Crippen LogP contribution < -0.4 is 9.62 Å². The number of nitrogens with zero attached hydrogens (tertiary/aromatic N) is 1. The highest BCUT2D eigenvalue weighted by molar-refractivity contribution is 7.92. The van der Waals surface area contributed by atoms with Gasteiger partial charge in [-0.15, -0.1) is 0 Å². The molecule has 1 amide bonds. The number of halogens is 2. The van der Waals surface area contributed by atoms with Crippen LogP contribution in [0.25, 0.3) is 0 Å². The van der Waals surface area contributed by atoms with E-state index in [0.29, 0.717) is 10.7 Å². The monoisotopic (exact) mass is 414 g/mol. The molecule has 0 spiro atoms. The summed E-state index contributed by atoms with van der Waals surface area (Å²) in [5.74, 6) is -0.454. The van der Waals surface area contributed by atoms with Crippen LogP contribution in [0.1, 0.15) is 18.1 Å². The van der Waals surface area contributed by atoms with E-state index >= 15 is 0 Å². The van der Waals surface area contributed by atoms with Crippen LogP contribution in [0.15, 0.2) is 36.4 Å². The summed E-state index contributed by atoms with van der Waals surface area (Å²) in [5.41, 5.74) is 3.00. The van der Waals surface area contributed by atoms with E-state index in [4.69, 9.17) is 23.2 Å². The van der Waals surface area contributed by atoms with Gasteiger partial charge in [-0.05, 0) is 62.2 Å². The van der Waals surface area contributed by atoms with Crippen LogP contribution >= 0.6 is 23.2 Å². The Morgan fingerprint density at radius 2 is 1.69 bits per heavy atom. The van der Waals surface area contributed by atoms with Gasteiger partial charge in [-0.25, -0.2) is 8.42 Å². The zero-order valence-corrected chi connectivity index (χ0v) is 17.2. The molecule has 0 saturated heterocycles. The number of benzene rings is 2. The van der Waals surface area contributed by atoms with Crippen molar-refractivity contribution >= 4 is 50.5 Å². The molecule has 0 fully saturated rings. The average Bonchev–Trinajstić information content (AvgIpc) is 2.53. The number of hydrogen-bond donors (Lipinski definition) is 1. The molecule has 1 N–H and O–H groups in total. The molecular weight excluding hydrogens is 395 g/mol. The van der Waals surface area contributed by atoms with E-state index in [9.17, 15) is 13.2 Å². The number of anilines is 2. The second kappa shape index (κ2) is 7.86. The lowest BCUT2D eigenvalue weighted by Crippen LogP contribution is -2.45. The van der Waals surface area contributed by atoms with Crippen molar-refractivity contribution in [2.75, 3.05) is 15.9 Å². The third-order valence-corrected chi connectivity index (χ3v) is 6.00. The summed E-state index contributed by atoms with van der Waals surface area (Å²) in [7, 11) is -3.73. The van der Waals surface area contributed by atoms with Crippen LogP contribution in [0.4, 0.5) is 11.4 Å². The topological polar surface area (TPSA) is 66.5 Å². The molecule has 0 radical (unpaired) electrons. The molecule has 140 valence electrons. The molecule has 26 heavy (non-hydrogen) atoms. The van der Waals surface area contributed by atoms with E-state index in [1.165, 1.54) is 25.1 Å². The molecule has 0 aliphatic rings. The zero-order valence-electron chi connectivity index (χ0n) is 14.9. The van der Waals surface area contributed by atoms with E-state index in [1.54, 1.807) is 6.07 Å². The quantitative estimate of drug-likeness (QED) is 0.787. The smallest absolute Gasteiger partial charge is 0.247 e. The minimum atomic E-state index is -3.73. The third kappa shape index (κ3) is 4.69. The number of nitrogens with one attached hydrogen (secondary N) is 1. The lowest BCUT2D eigenvalue weighted by Gasteiger charge is -2.28. The molecule has 0 aliphatic carbocycles. The van der Waals surface area contributed by atoms with E-state index in [0.717, 1.165) is 21.7 Å². The Balaban J connectivity index is 2.34. The molecule has 0 aliphatic heterocycles. The van der Waals surface area contributed by atoms with Crippen LogP contribution in [0.5, 0.6) is 0 Å². The van der Waals surface area contributed by atoms with Gasteiger partial charge in [0.25, 0.3) is 0 Å². The van der Waals surface area contributed by atoms with Gasteiger partial charge in [-0.3, -0.25) is 9.10 Å². The minimum absolute atomic E-state index is 0.208. The number of amides is 1. The van der Waals surface area contributed by atoms with Gasteiger partial charge in [-0.2, -0.15) is 0 Å². The molecule has 1 atom stereocenters. The van der Waals surface area contributed by atoms with Gasteiger partial charge in [0.15, 0.2) is 0 Å². The van der Waals surface area contributed by atoms with Gasteiger partial charge in [0, 0.05) is 5.69 Å². The molecule has 0 bridgehead atoms. The fourth-order valence-corrected chi connectivity index (χ4v) is 3.96. The minimum Gasteiger partial charge on any atom is -0.324 e. The maximum absolute atomic E-state index is 12.6. The van der Waals surface area contributed by atoms with Crippen LogP contribution in [0, 0.1) is 13.8 Å². The van der Waals surface area contributed by atoms with Gasteiger partial charge in [0.2, 0.25) is 15.9 Å². The highest BCUT2D eigenvalue weighted by Crippen LogP contribution is 2.30. The van der Waals surface area contributed by atoms with Crippen molar-refractivity contribution in [2.24, 2.45) is 0 Å². The molecule has 0 saturated carbocycles. The first kappa shape index (κ1) is 20.6. The summed E-state index contributed by atoms with van der Waals surface area (Å²) in [4.78, 5) is 12.6. The van der Waals surface area contributed by atoms with Crippen molar-refractivity contribution in [1.29, 1.82) is 0 Å². The van der Waals surface area contributed by atoms with Crippen LogP contribution in [-0.4, -0.2) is 26.6 Å². The summed E-state index contributed by atoms with van der Waals surface area (Å²) < 4.78 is 25.6. The molecular formula is C18H20Cl2N2O3S. The van der Waals surface area contributed by atoms with Crippen molar-refractivity contribution in [3.63, 3.8) is 0 Å². The van der Waals surface area contributed by atoms with Crippen LogP contribution in [0.2, 0.25) is 10.0 Å². The molecule has 0 aromatic heterocycles. The van der Waals surface area contributed by atoms with E-state index in [1.807, 2.05) is 26.0 Å². The second-order valence-electron chi connectivity index (χ2n) is 6.12. The Kier molecular flexibility index (Phi) is 6.21. The maximum Gasteiger partial charge on any atom is 0.247 e. The number of hydrogen-bond acceptors (Lipinski definition) is 3. The Bertz CT molecular complexity index is 945. The first-order valence-electron chi connectivity index (χ1n) is 7.83. The van der Waals surface area contributed by atoms with Gasteiger partial charge < -0.3 is 5.32 Å². The SMILES string of the molecule is Cc1ccc(NC(=O)C(C)N(c2ccc(Cl)c(Cl)c2)S(C)(=O)=O)cc1C. The summed E-state index contributed by atoms with van der Waals surface area (Å²) in [6, 6.07) is 8.94. The Hall–Kier alpha value is -1.76. The normalized spacial score (nSPS) is 12.5. The number of carbonyl (C=O) groups excluding carboxylic acids is 1. The number of aryl methyl sites for hydroxylation is 2. The predicted molar refractivity (Wildman–Crippen MR) is 108 cm³/mol. The summed E-state index contributed by atoms with van der Waals surface area (Å²) >= 11 is 11.9. The van der Waals surface area contributed by atoms with Gasteiger partial charge >= 0.3 is 0 Å². The van der Waals surface area contributed by atoms with Crippen molar-refractivity contribution < 1.29 is 13.2 Å². The Morgan fingerprint density at radius 3 is 2.23 bits per heavy atom. The molecule has 2 aromatic rings. The van der Waals surface area contributed by atoms with Crippen LogP contribution in [-0.2, 0) is 14.8 Å². The summed E-state index contributed by atoms with van der Waals surface area (Å²) in [6.45, 7) is 5.42. The Labute approximate surface area is 164 Å². The molecule has 2 aromatic carbocycles. The maximum atomic E-state index is 12.6. The highest BCUT2D eigenvalue weighted by atomic mass is 35.5. The first-order valence-corrected chi connectivity index (χ1v) is 10.4. The van der Waals surface area contributed by atoms with Crippen molar-refractivity contribution in [3.05, 3.63) is 57.6 Å². The highest BCUT2D eigenvalue weighted by Gasteiger charge is 2.29. The van der Waals surface area contributed by atoms with Crippen LogP contribution in [0.3, 0.4) is 0 Å². The molecule has 0 heterocycles. The van der Waals surface area contributed by atoms with E-state index < -0.39 is 22.0 Å².